The van der Waals surface area contributed by atoms with E-state index in [1.54, 1.807) is 0 Å². The van der Waals surface area contributed by atoms with Crippen molar-refractivity contribution in [2.45, 2.75) is 39.7 Å². The highest BCUT2D eigenvalue weighted by molar-refractivity contribution is 5.75. The highest BCUT2D eigenvalue weighted by Crippen LogP contribution is 2.15. The van der Waals surface area contributed by atoms with Crippen LogP contribution in [0.5, 0.6) is 0 Å². The van der Waals surface area contributed by atoms with Gasteiger partial charge in [-0.3, -0.25) is 4.79 Å². The van der Waals surface area contributed by atoms with Gasteiger partial charge < -0.3 is 15.1 Å². The lowest BCUT2D eigenvalue weighted by Gasteiger charge is -2.34. The van der Waals surface area contributed by atoms with Gasteiger partial charge in [-0.2, -0.15) is 0 Å². The number of nitrogens with zero attached hydrogens (tertiary/aromatic N) is 3. The standard InChI is InChI=1S/C17H28N4O/c1-3-5-6-17(22)19-14-15-7-8-18-16(13-15)21-11-9-20(4-2)10-12-21/h7-8,13H,3-6,9-12,14H2,1-2H3,(H,19,22). The van der Waals surface area contributed by atoms with E-state index in [1.807, 2.05) is 12.3 Å². The third-order valence-electron chi connectivity index (χ3n) is 4.20. The molecular weight excluding hydrogens is 276 g/mol. The summed E-state index contributed by atoms with van der Waals surface area (Å²) in [4.78, 5) is 21.0. The van der Waals surface area contributed by atoms with Crippen LogP contribution < -0.4 is 10.2 Å². The normalized spacial score (nSPS) is 15.8. The van der Waals surface area contributed by atoms with Gasteiger partial charge in [0.05, 0.1) is 0 Å². The molecule has 1 aromatic heterocycles. The van der Waals surface area contributed by atoms with Crippen LogP contribution in [0.3, 0.4) is 0 Å². The van der Waals surface area contributed by atoms with E-state index >= 15 is 0 Å². The number of nitrogens with one attached hydrogen (secondary N) is 1. The van der Waals surface area contributed by atoms with Gasteiger partial charge >= 0.3 is 0 Å². The molecule has 122 valence electrons. The predicted molar refractivity (Wildman–Crippen MR) is 89.9 cm³/mol. The molecule has 5 heteroatoms. The molecule has 1 aromatic rings. The molecule has 0 radical (unpaired) electrons. The van der Waals surface area contributed by atoms with E-state index in [4.69, 9.17) is 0 Å². The summed E-state index contributed by atoms with van der Waals surface area (Å²) in [6.07, 6.45) is 4.47. The summed E-state index contributed by atoms with van der Waals surface area (Å²) in [6, 6.07) is 4.08. The minimum Gasteiger partial charge on any atom is -0.354 e. The van der Waals surface area contributed by atoms with E-state index in [1.165, 1.54) is 0 Å². The fourth-order valence-corrected chi connectivity index (χ4v) is 2.66. The molecule has 1 saturated heterocycles. The Kier molecular flexibility index (Phi) is 6.65. The zero-order valence-electron chi connectivity index (χ0n) is 13.8. The van der Waals surface area contributed by atoms with Gasteiger partial charge in [0.25, 0.3) is 0 Å². The van der Waals surface area contributed by atoms with Crippen molar-refractivity contribution in [3.05, 3.63) is 23.9 Å². The molecule has 0 aliphatic carbocycles. The van der Waals surface area contributed by atoms with Gasteiger partial charge in [-0.15, -0.1) is 0 Å². The maximum Gasteiger partial charge on any atom is 0.220 e. The average molecular weight is 304 g/mol. The fourth-order valence-electron chi connectivity index (χ4n) is 2.66. The zero-order valence-corrected chi connectivity index (χ0v) is 13.8. The van der Waals surface area contributed by atoms with E-state index in [9.17, 15) is 4.79 Å². The Morgan fingerprint density at radius 3 is 2.73 bits per heavy atom. The number of amides is 1. The van der Waals surface area contributed by atoms with Gasteiger partial charge in [0, 0.05) is 45.3 Å². The van der Waals surface area contributed by atoms with Crippen LogP contribution in [0.4, 0.5) is 5.82 Å². The van der Waals surface area contributed by atoms with E-state index in [0.29, 0.717) is 13.0 Å². The number of hydrogen-bond donors (Lipinski definition) is 1. The summed E-state index contributed by atoms with van der Waals surface area (Å²) in [5.41, 5.74) is 1.12. The Morgan fingerprint density at radius 2 is 2.05 bits per heavy atom. The van der Waals surface area contributed by atoms with Crippen LogP contribution in [0.15, 0.2) is 18.3 Å². The maximum atomic E-state index is 11.7. The first-order valence-electron chi connectivity index (χ1n) is 8.41. The van der Waals surface area contributed by atoms with Crippen molar-refractivity contribution in [1.82, 2.24) is 15.2 Å². The molecule has 0 atom stereocenters. The number of carbonyl (C=O) groups excluding carboxylic acids is 1. The third-order valence-corrected chi connectivity index (χ3v) is 4.20. The van der Waals surface area contributed by atoms with E-state index in [-0.39, 0.29) is 5.91 Å². The first kappa shape index (κ1) is 16.7. The number of pyridine rings is 1. The van der Waals surface area contributed by atoms with Crippen LogP contribution in [0.1, 0.15) is 38.7 Å². The summed E-state index contributed by atoms with van der Waals surface area (Å²) in [6.45, 7) is 10.2. The minimum atomic E-state index is 0.136. The van der Waals surface area contributed by atoms with Crippen molar-refractivity contribution in [1.29, 1.82) is 0 Å². The smallest absolute Gasteiger partial charge is 0.220 e. The molecule has 22 heavy (non-hydrogen) atoms. The molecule has 1 aliphatic rings. The van der Waals surface area contributed by atoms with Gasteiger partial charge in [-0.25, -0.2) is 4.98 Å². The summed E-state index contributed by atoms with van der Waals surface area (Å²) in [5, 5.41) is 2.99. The van der Waals surface area contributed by atoms with E-state index in [0.717, 1.165) is 56.9 Å². The summed E-state index contributed by atoms with van der Waals surface area (Å²) < 4.78 is 0. The van der Waals surface area contributed by atoms with Crippen LogP contribution in [0.2, 0.25) is 0 Å². The number of likely N-dealkylation sites (N-methyl/N-ethyl adjacent to an activating group) is 1. The van der Waals surface area contributed by atoms with Gasteiger partial charge in [-0.1, -0.05) is 20.3 Å². The molecule has 0 aromatic carbocycles. The molecule has 1 fully saturated rings. The van der Waals surface area contributed by atoms with Crippen LogP contribution >= 0.6 is 0 Å². The van der Waals surface area contributed by atoms with Crippen molar-refractivity contribution >= 4 is 11.7 Å². The predicted octanol–water partition coefficient (Wildman–Crippen LogP) is 2.03. The monoisotopic (exact) mass is 304 g/mol. The number of unbranched alkanes of at least 4 members (excludes halogenated alkanes) is 1. The largest absolute Gasteiger partial charge is 0.354 e. The molecule has 0 spiro atoms. The highest BCUT2D eigenvalue weighted by atomic mass is 16.1. The molecule has 0 bridgehead atoms. The number of anilines is 1. The number of aromatic nitrogens is 1. The number of carbonyl (C=O) groups is 1. The lowest BCUT2D eigenvalue weighted by molar-refractivity contribution is -0.121. The molecular formula is C17H28N4O. The first-order valence-corrected chi connectivity index (χ1v) is 8.41. The summed E-state index contributed by atoms with van der Waals surface area (Å²) in [7, 11) is 0. The van der Waals surface area contributed by atoms with Crippen molar-refractivity contribution in [2.24, 2.45) is 0 Å². The Labute approximate surface area is 133 Å². The lowest BCUT2D eigenvalue weighted by Crippen LogP contribution is -2.46. The molecule has 1 N–H and O–H groups in total. The number of rotatable bonds is 7. The van der Waals surface area contributed by atoms with Crippen LogP contribution in [0.25, 0.3) is 0 Å². The minimum absolute atomic E-state index is 0.136. The van der Waals surface area contributed by atoms with E-state index in [2.05, 4.69) is 40.0 Å². The Balaban J connectivity index is 1.86. The molecule has 2 rings (SSSR count). The number of piperazine rings is 1. The van der Waals surface area contributed by atoms with Crippen LogP contribution in [0, 0.1) is 0 Å². The third kappa shape index (κ3) is 4.98. The van der Waals surface area contributed by atoms with Gasteiger partial charge in [0.2, 0.25) is 5.91 Å². The van der Waals surface area contributed by atoms with Crippen molar-refractivity contribution in [3.8, 4) is 0 Å². The van der Waals surface area contributed by atoms with Crippen molar-refractivity contribution in [2.75, 3.05) is 37.6 Å². The molecule has 1 aliphatic heterocycles. The SMILES string of the molecule is CCCCC(=O)NCc1ccnc(N2CCN(CC)CC2)c1. The topological polar surface area (TPSA) is 48.5 Å². The molecule has 5 nitrogen and oxygen atoms in total. The lowest BCUT2D eigenvalue weighted by atomic mass is 10.2. The van der Waals surface area contributed by atoms with E-state index < -0.39 is 0 Å². The zero-order chi connectivity index (χ0) is 15.8. The maximum absolute atomic E-state index is 11.7. The van der Waals surface area contributed by atoms with Gasteiger partial charge in [0.1, 0.15) is 5.82 Å². The summed E-state index contributed by atoms with van der Waals surface area (Å²) >= 11 is 0. The molecule has 0 saturated carbocycles. The highest BCUT2D eigenvalue weighted by Gasteiger charge is 2.16. The average Bonchev–Trinajstić information content (AvgIpc) is 2.58. The van der Waals surface area contributed by atoms with Gasteiger partial charge in [-0.05, 0) is 30.7 Å². The molecule has 0 unspecified atom stereocenters. The molecule has 1 amide bonds. The Hall–Kier alpha value is -1.62. The Bertz CT molecular complexity index is 469. The van der Waals surface area contributed by atoms with Crippen molar-refractivity contribution < 1.29 is 4.79 Å². The second-order valence-corrected chi connectivity index (χ2v) is 5.82. The number of hydrogen-bond acceptors (Lipinski definition) is 4. The molecule has 2 heterocycles. The second-order valence-electron chi connectivity index (χ2n) is 5.82. The first-order chi connectivity index (χ1) is 10.7. The Morgan fingerprint density at radius 1 is 1.27 bits per heavy atom. The summed E-state index contributed by atoms with van der Waals surface area (Å²) in [5.74, 6) is 1.16. The fraction of sp³-hybridized carbons (Fsp3) is 0.647. The quantitative estimate of drug-likeness (QED) is 0.837. The van der Waals surface area contributed by atoms with Crippen LogP contribution in [-0.2, 0) is 11.3 Å². The second kappa shape index (κ2) is 8.73. The van der Waals surface area contributed by atoms with Crippen molar-refractivity contribution in [3.63, 3.8) is 0 Å². The van der Waals surface area contributed by atoms with Gasteiger partial charge in [0.15, 0.2) is 0 Å². The van der Waals surface area contributed by atoms with Crippen LogP contribution in [-0.4, -0.2) is 48.5 Å².